The van der Waals surface area contributed by atoms with Crippen LogP contribution < -0.4 is 11.1 Å². The first-order chi connectivity index (χ1) is 6.39. The first-order valence-electron chi connectivity index (χ1n) is 3.89. The Bertz CT molecular complexity index is 384. The van der Waals surface area contributed by atoms with Crippen LogP contribution in [0.3, 0.4) is 0 Å². The molecular weight excluding hydrogens is 208 g/mol. The Morgan fingerprint density at radius 2 is 2.14 bits per heavy atom. The Hall–Kier alpha value is -1.37. The van der Waals surface area contributed by atoms with Crippen molar-refractivity contribution in [1.82, 2.24) is 5.32 Å². The summed E-state index contributed by atoms with van der Waals surface area (Å²) in [4.78, 5) is 21.2. The van der Waals surface area contributed by atoms with Gasteiger partial charge in [-0.2, -0.15) is 0 Å². The summed E-state index contributed by atoms with van der Waals surface area (Å²) in [7, 11) is -3.15. The molecule has 0 aromatic carbocycles. The summed E-state index contributed by atoms with van der Waals surface area (Å²) in [5.41, 5.74) is 4.71. The van der Waals surface area contributed by atoms with Gasteiger partial charge in [0, 0.05) is 17.7 Å². The zero-order valence-corrected chi connectivity index (χ0v) is 8.08. The molecule has 14 heavy (non-hydrogen) atoms. The molecular formula is C7H10N2O4S. The zero-order valence-electron chi connectivity index (χ0n) is 7.26. The van der Waals surface area contributed by atoms with Crippen LogP contribution in [0.15, 0.2) is 11.5 Å². The molecule has 7 heteroatoms. The largest absolute Gasteiger partial charge is 0.351 e. The maximum Gasteiger partial charge on any atom is 0.318 e. The van der Waals surface area contributed by atoms with Crippen LogP contribution in [0.5, 0.6) is 0 Å². The van der Waals surface area contributed by atoms with Gasteiger partial charge in [0.05, 0.1) is 5.75 Å². The number of urea groups is 1. The molecule has 0 unspecified atom stereocenters. The minimum atomic E-state index is -3.15. The Kier molecular flexibility index (Phi) is 2.90. The number of allylic oxidation sites excluding steroid dienone is 1. The number of carbonyl (C=O) groups excluding carboxylic acids is 2. The molecule has 0 aliphatic carbocycles. The Morgan fingerprint density at radius 3 is 2.57 bits per heavy atom. The number of imide groups is 1. The van der Waals surface area contributed by atoms with Crippen molar-refractivity contribution in [3.63, 3.8) is 0 Å². The Labute approximate surface area is 81.1 Å². The van der Waals surface area contributed by atoms with Gasteiger partial charge in [-0.3, -0.25) is 10.1 Å². The number of hydrogen-bond acceptors (Lipinski definition) is 4. The molecule has 0 saturated heterocycles. The topological polar surface area (TPSA) is 106 Å². The van der Waals surface area contributed by atoms with E-state index in [-0.39, 0.29) is 18.1 Å². The molecule has 0 bridgehead atoms. The maximum atomic E-state index is 11.0. The molecule has 1 rings (SSSR count). The molecule has 1 heterocycles. The number of primary amides is 1. The van der Waals surface area contributed by atoms with Crippen molar-refractivity contribution >= 4 is 21.8 Å². The lowest BCUT2D eigenvalue weighted by Gasteiger charge is -2.04. The van der Waals surface area contributed by atoms with Gasteiger partial charge in [-0.05, 0) is 0 Å². The molecule has 0 aromatic rings. The molecule has 0 fully saturated rings. The maximum absolute atomic E-state index is 11.0. The second-order valence-corrected chi connectivity index (χ2v) is 4.97. The average Bonchev–Trinajstić information content (AvgIpc) is 2.27. The van der Waals surface area contributed by atoms with E-state index in [1.807, 2.05) is 5.32 Å². The highest BCUT2D eigenvalue weighted by Gasteiger charge is 2.23. The van der Waals surface area contributed by atoms with Crippen LogP contribution in [-0.4, -0.2) is 26.1 Å². The molecule has 0 spiro atoms. The van der Waals surface area contributed by atoms with Gasteiger partial charge in [-0.25, -0.2) is 13.2 Å². The predicted molar refractivity (Wildman–Crippen MR) is 48.8 cm³/mol. The summed E-state index contributed by atoms with van der Waals surface area (Å²) in [6.45, 7) is 0. The molecule has 0 saturated carbocycles. The average molecular weight is 218 g/mol. The molecule has 0 radical (unpaired) electrons. The van der Waals surface area contributed by atoms with Crippen LogP contribution in [-0.2, 0) is 14.6 Å². The van der Waals surface area contributed by atoms with E-state index < -0.39 is 21.8 Å². The summed E-state index contributed by atoms with van der Waals surface area (Å²) in [6.07, 6.45) is 1.40. The van der Waals surface area contributed by atoms with Crippen LogP contribution in [0, 0.1) is 5.92 Å². The van der Waals surface area contributed by atoms with Crippen molar-refractivity contribution in [2.75, 3.05) is 5.75 Å². The van der Waals surface area contributed by atoms with Gasteiger partial charge < -0.3 is 5.73 Å². The SMILES string of the molecule is NC(=O)NC(=O)C[C@H]1C=CS(=O)(=O)C1. The second-order valence-electron chi connectivity index (χ2n) is 3.03. The van der Waals surface area contributed by atoms with Crippen molar-refractivity contribution in [1.29, 1.82) is 0 Å². The van der Waals surface area contributed by atoms with Crippen molar-refractivity contribution in [3.05, 3.63) is 11.5 Å². The summed E-state index contributed by atoms with van der Waals surface area (Å²) in [5.74, 6) is -1.01. The summed E-state index contributed by atoms with van der Waals surface area (Å²) >= 11 is 0. The highest BCUT2D eigenvalue weighted by molar-refractivity contribution is 7.94. The van der Waals surface area contributed by atoms with Crippen LogP contribution in [0.4, 0.5) is 4.79 Å². The van der Waals surface area contributed by atoms with Crippen molar-refractivity contribution in [2.45, 2.75) is 6.42 Å². The Balaban J connectivity index is 2.45. The summed E-state index contributed by atoms with van der Waals surface area (Å²) in [5, 5.41) is 2.95. The van der Waals surface area contributed by atoms with Gasteiger partial charge in [0.25, 0.3) is 0 Å². The van der Waals surface area contributed by atoms with Gasteiger partial charge in [-0.15, -0.1) is 0 Å². The van der Waals surface area contributed by atoms with E-state index in [0.29, 0.717) is 0 Å². The van der Waals surface area contributed by atoms with Crippen LogP contribution in [0.1, 0.15) is 6.42 Å². The summed E-state index contributed by atoms with van der Waals surface area (Å²) < 4.78 is 21.9. The number of nitrogens with one attached hydrogen (secondary N) is 1. The van der Waals surface area contributed by atoms with E-state index in [1.54, 1.807) is 0 Å². The highest BCUT2D eigenvalue weighted by atomic mass is 32.2. The first kappa shape index (κ1) is 10.7. The fourth-order valence-corrected chi connectivity index (χ4v) is 2.59. The molecule has 1 atom stereocenters. The molecule has 3 amide bonds. The third-order valence-corrected chi connectivity index (χ3v) is 3.18. The molecule has 1 aliphatic heterocycles. The van der Waals surface area contributed by atoms with Crippen LogP contribution in [0.2, 0.25) is 0 Å². The van der Waals surface area contributed by atoms with Crippen LogP contribution >= 0.6 is 0 Å². The highest BCUT2D eigenvalue weighted by Crippen LogP contribution is 2.17. The number of rotatable bonds is 2. The minimum absolute atomic E-state index is 0.0430. The predicted octanol–water partition coefficient (Wildman–Crippen LogP) is -0.870. The Morgan fingerprint density at radius 1 is 1.50 bits per heavy atom. The molecule has 3 N–H and O–H groups in total. The van der Waals surface area contributed by atoms with Gasteiger partial charge in [-0.1, -0.05) is 6.08 Å². The fraction of sp³-hybridized carbons (Fsp3) is 0.429. The van der Waals surface area contributed by atoms with E-state index in [2.05, 4.69) is 0 Å². The number of hydrogen-bond donors (Lipinski definition) is 2. The van der Waals surface area contributed by atoms with Gasteiger partial charge in [0.15, 0.2) is 9.84 Å². The second kappa shape index (κ2) is 3.79. The fourth-order valence-electron chi connectivity index (χ4n) is 1.19. The van der Waals surface area contributed by atoms with E-state index in [0.717, 1.165) is 5.41 Å². The minimum Gasteiger partial charge on any atom is -0.351 e. The standard InChI is InChI=1S/C7H10N2O4S/c8-7(11)9-6(10)3-5-1-2-14(12,13)4-5/h1-2,5H,3-4H2,(H3,8,9,10,11)/t5-/m1/s1. The number of amides is 3. The van der Waals surface area contributed by atoms with Crippen molar-refractivity contribution < 1.29 is 18.0 Å². The first-order valence-corrected chi connectivity index (χ1v) is 5.61. The van der Waals surface area contributed by atoms with E-state index in [9.17, 15) is 18.0 Å². The van der Waals surface area contributed by atoms with Gasteiger partial charge in [0.1, 0.15) is 0 Å². The lowest BCUT2D eigenvalue weighted by molar-refractivity contribution is -0.120. The number of nitrogens with two attached hydrogens (primary N) is 1. The van der Waals surface area contributed by atoms with Gasteiger partial charge in [0.2, 0.25) is 5.91 Å². The molecule has 78 valence electrons. The summed E-state index contributed by atoms with van der Waals surface area (Å²) in [6, 6.07) is -0.931. The number of sulfone groups is 1. The van der Waals surface area contributed by atoms with E-state index >= 15 is 0 Å². The lowest BCUT2D eigenvalue weighted by atomic mass is 10.1. The zero-order chi connectivity index (χ0) is 10.8. The quantitative estimate of drug-likeness (QED) is 0.628. The molecule has 0 aromatic heterocycles. The van der Waals surface area contributed by atoms with Gasteiger partial charge >= 0.3 is 6.03 Å². The third kappa shape index (κ3) is 3.17. The van der Waals surface area contributed by atoms with E-state index in [4.69, 9.17) is 5.73 Å². The third-order valence-electron chi connectivity index (χ3n) is 1.71. The number of carbonyl (C=O) groups is 2. The molecule has 6 nitrogen and oxygen atoms in total. The molecule has 1 aliphatic rings. The monoisotopic (exact) mass is 218 g/mol. The lowest BCUT2D eigenvalue weighted by Crippen LogP contribution is -2.36. The van der Waals surface area contributed by atoms with E-state index in [1.165, 1.54) is 6.08 Å². The van der Waals surface area contributed by atoms with Crippen LogP contribution in [0.25, 0.3) is 0 Å². The van der Waals surface area contributed by atoms with Crippen molar-refractivity contribution in [2.24, 2.45) is 11.7 Å². The smallest absolute Gasteiger partial charge is 0.318 e. The normalized spacial score (nSPS) is 23.3. The van der Waals surface area contributed by atoms with Crippen molar-refractivity contribution in [3.8, 4) is 0 Å².